The normalized spacial score (nSPS) is 10.9. The van der Waals surface area contributed by atoms with Gasteiger partial charge in [-0.1, -0.05) is 18.2 Å². The zero-order valence-electron chi connectivity index (χ0n) is 13.4. The van der Waals surface area contributed by atoms with Gasteiger partial charge in [-0.15, -0.1) is 10.2 Å². The fourth-order valence-electron chi connectivity index (χ4n) is 2.43. The number of hydrogen-bond acceptors (Lipinski definition) is 6. The summed E-state index contributed by atoms with van der Waals surface area (Å²) < 4.78 is 5.63. The lowest BCUT2D eigenvalue weighted by molar-refractivity contribution is 0.0767. The molecule has 0 radical (unpaired) electrons. The van der Waals surface area contributed by atoms with E-state index in [4.69, 9.17) is 4.42 Å². The number of nitrogens with one attached hydrogen (secondary N) is 1. The van der Waals surface area contributed by atoms with Gasteiger partial charge < -0.3 is 9.32 Å². The van der Waals surface area contributed by atoms with Crippen LogP contribution in [0.25, 0.3) is 22.5 Å². The van der Waals surface area contributed by atoms with Crippen molar-refractivity contribution >= 4 is 16.9 Å². The van der Waals surface area contributed by atoms with Crippen LogP contribution >= 0.6 is 0 Å². The first kappa shape index (κ1) is 15.0. The van der Waals surface area contributed by atoms with Crippen molar-refractivity contribution in [3.8, 4) is 11.5 Å². The van der Waals surface area contributed by atoms with E-state index in [2.05, 4.69) is 25.4 Å². The monoisotopic (exact) mass is 334 g/mol. The van der Waals surface area contributed by atoms with Crippen LogP contribution in [-0.2, 0) is 6.54 Å². The summed E-state index contributed by atoms with van der Waals surface area (Å²) in [5.41, 5.74) is 1.73. The van der Waals surface area contributed by atoms with Gasteiger partial charge in [0.15, 0.2) is 5.65 Å². The third-order valence-corrected chi connectivity index (χ3v) is 3.73. The topological polar surface area (TPSA) is 101 Å². The number of H-pyrrole nitrogens is 1. The number of hydrogen-bond donors (Lipinski definition) is 1. The molecule has 1 amide bonds. The van der Waals surface area contributed by atoms with Gasteiger partial charge in [0, 0.05) is 18.0 Å². The number of fused-ring (bicyclic) bond motifs is 1. The number of rotatable bonds is 4. The fraction of sp³-hybridized carbons (Fsp3) is 0.118. The second-order valence-corrected chi connectivity index (χ2v) is 5.53. The third-order valence-electron chi connectivity index (χ3n) is 3.73. The van der Waals surface area contributed by atoms with Crippen LogP contribution in [0, 0.1) is 0 Å². The SMILES string of the molecule is CN(Cc1nnc(-c2ccccc2)o1)C(=O)c1ccc2cn[nH]c2n1. The summed E-state index contributed by atoms with van der Waals surface area (Å²) in [7, 11) is 1.66. The van der Waals surface area contributed by atoms with Gasteiger partial charge in [0.25, 0.3) is 5.91 Å². The van der Waals surface area contributed by atoms with Crippen LogP contribution in [0.1, 0.15) is 16.4 Å². The van der Waals surface area contributed by atoms with Gasteiger partial charge in [0.05, 0.1) is 12.7 Å². The molecule has 8 heteroatoms. The van der Waals surface area contributed by atoms with Gasteiger partial charge in [-0.3, -0.25) is 9.89 Å². The highest BCUT2D eigenvalue weighted by atomic mass is 16.4. The molecule has 124 valence electrons. The lowest BCUT2D eigenvalue weighted by Gasteiger charge is -2.14. The van der Waals surface area contributed by atoms with Crippen LogP contribution in [0.15, 0.2) is 53.1 Å². The van der Waals surface area contributed by atoms with Gasteiger partial charge in [-0.2, -0.15) is 5.10 Å². The van der Waals surface area contributed by atoms with Gasteiger partial charge in [-0.25, -0.2) is 4.98 Å². The molecule has 0 aliphatic heterocycles. The van der Waals surface area contributed by atoms with Gasteiger partial charge in [0.2, 0.25) is 11.8 Å². The number of benzene rings is 1. The van der Waals surface area contributed by atoms with Crippen molar-refractivity contribution in [2.75, 3.05) is 7.05 Å². The summed E-state index contributed by atoms with van der Waals surface area (Å²) in [6.07, 6.45) is 1.66. The molecule has 4 aromatic rings. The predicted octanol–water partition coefficient (Wildman–Crippen LogP) is 2.28. The number of pyridine rings is 1. The van der Waals surface area contributed by atoms with Gasteiger partial charge in [0.1, 0.15) is 5.69 Å². The Morgan fingerprint density at radius 1 is 1.16 bits per heavy atom. The van der Waals surface area contributed by atoms with E-state index in [0.717, 1.165) is 10.9 Å². The predicted molar refractivity (Wildman–Crippen MR) is 89.4 cm³/mol. The molecule has 3 heterocycles. The summed E-state index contributed by atoms with van der Waals surface area (Å²) in [5.74, 6) is 0.543. The zero-order chi connectivity index (χ0) is 17.2. The molecular weight excluding hydrogens is 320 g/mol. The number of aromatic nitrogens is 5. The van der Waals surface area contributed by atoms with Gasteiger partial charge >= 0.3 is 0 Å². The molecule has 0 unspecified atom stereocenters. The molecule has 0 aliphatic rings. The van der Waals surface area contributed by atoms with E-state index in [1.165, 1.54) is 4.90 Å². The summed E-state index contributed by atoms with van der Waals surface area (Å²) in [5, 5.41) is 15.5. The van der Waals surface area contributed by atoms with E-state index >= 15 is 0 Å². The lowest BCUT2D eigenvalue weighted by atomic mass is 10.2. The Hall–Kier alpha value is -3.55. The molecule has 8 nitrogen and oxygen atoms in total. The van der Waals surface area contributed by atoms with Crippen molar-refractivity contribution in [2.24, 2.45) is 0 Å². The molecule has 4 rings (SSSR count). The minimum absolute atomic E-state index is 0.196. The summed E-state index contributed by atoms with van der Waals surface area (Å²) in [4.78, 5) is 18.3. The Balaban J connectivity index is 1.50. The van der Waals surface area contributed by atoms with Crippen LogP contribution in [0.3, 0.4) is 0 Å². The Morgan fingerprint density at radius 2 is 2.00 bits per heavy atom. The molecular formula is C17H14N6O2. The number of carbonyl (C=O) groups excluding carboxylic acids is 1. The molecule has 0 aliphatic carbocycles. The standard InChI is InChI=1S/C17H14N6O2/c1-23(17(24)13-8-7-12-9-18-21-15(12)19-13)10-14-20-22-16(25-14)11-5-3-2-4-6-11/h2-9H,10H2,1H3,(H,18,19,21). The fourth-order valence-corrected chi connectivity index (χ4v) is 2.43. The Labute approximate surface area is 142 Å². The van der Waals surface area contributed by atoms with E-state index in [1.54, 1.807) is 25.4 Å². The van der Waals surface area contributed by atoms with E-state index in [0.29, 0.717) is 23.1 Å². The molecule has 0 saturated heterocycles. The van der Waals surface area contributed by atoms with E-state index in [-0.39, 0.29) is 12.5 Å². The van der Waals surface area contributed by atoms with Crippen LogP contribution in [0.5, 0.6) is 0 Å². The Bertz CT molecular complexity index is 1020. The number of carbonyl (C=O) groups is 1. The molecule has 0 bridgehead atoms. The lowest BCUT2D eigenvalue weighted by Crippen LogP contribution is -2.27. The molecule has 0 atom stereocenters. The Kier molecular flexibility index (Phi) is 3.70. The molecule has 0 fully saturated rings. The van der Waals surface area contributed by atoms with Crippen molar-refractivity contribution in [2.45, 2.75) is 6.54 Å². The highest BCUT2D eigenvalue weighted by molar-refractivity contribution is 5.94. The second kappa shape index (κ2) is 6.16. The maximum atomic E-state index is 12.5. The quantitative estimate of drug-likeness (QED) is 0.614. The van der Waals surface area contributed by atoms with Crippen LogP contribution in [0.2, 0.25) is 0 Å². The van der Waals surface area contributed by atoms with E-state index < -0.39 is 0 Å². The molecule has 0 spiro atoms. The largest absolute Gasteiger partial charge is 0.419 e. The number of amides is 1. The average molecular weight is 334 g/mol. The van der Waals surface area contributed by atoms with E-state index in [9.17, 15) is 4.79 Å². The maximum Gasteiger partial charge on any atom is 0.272 e. The zero-order valence-corrected chi connectivity index (χ0v) is 13.4. The third kappa shape index (κ3) is 2.97. The number of aromatic amines is 1. The minimum Gasteiger partial charge on any atom is -0.419 e. The summed E-state index contributed by atoms with van der Waals surface area (Å²) >= 11 is 0. The summed E-state index contributed by atoms with van der Waals surface area (Å²) in [6.45, 7) is 0.196. The molecule has 3 aromatic heterocycles. The first-order valence-electron chi connectivity index (χ1n) is 7.64. The second-order valence-electron chi connectivity index (χ2n) is 5.53. The average Bonchev–Trinajstić information content (AvgIpc) is 3.30. The van der Waals surface area contributed by atoms with Crippen LogP contribution in [-0.4, -0.2) is 43.2 Å². The van der Waals surface area contributed by atoms with Crippen molar-refractivity contribution < 1.29 is 9.21 Å². The van der Waals surface area contributed by atoms with Crippen molar-refractivity contribution in [3.63, 3.8) is 0 Å². The van der Waals surface area contributed by atoms with Crippen molar-refractivity contribution in [1.29, 1.82) is 0 Å². The first-order chi connectivity index (χ1) is 12.2. The highest BCUT2D eigenvalue weighted by Crippen LogP contribution is 2.18. The highest BCUT2D eigenvalue weighted by Gasteiger charge is 2.17. The molecule has 0 saturated carbocycles. The van der Waals surface area contributed by atoms with Crippen LogP contribution < -0.4 is 0 Å². The summed E-state index contributed by atoms with van der Waals surface area (Å²) in [6, 6.07) is 12.9. The van der Waals surface area contributed by atoms with Crippen molar-refractivity contribution in [3.05, 3.63) is 60.2 Å². The van der Waals surface area contributed by atoms with Crippen molar-refractivity contribution in [1.82, 2.24) is 30.3 Å². The van der Waals surface area contributed by atoms with Gasteiger partial charge in [-0.05, 0) is 24.3 Å². The maximum absolute atomic E-state index is 12.5. The molecule has 1 aromatic carbocycles. The number of nitrogens with zero attached hydrogens (tertiary/aromatic N) is 5. The first-order valence-corrected chi connectivity index (χ1v) is 7.64. The Morgan fingerprint density at radius 3 is 2.84 bits per heavy atom. The van der Waals surface area contributed by atoms with Crippen LogP contribution in [0.4, 0.5) is 0 Å². The smallest absolute Gasteiger partial charge is 0.272 e. The molecule has 25 heavy (non-hydrogen) atoms. The molecule has 1 N–H and O–H groups in total. The van der Waals surface area contributed by atoms with E-state index in [1.807, 2.05) is 30.3 Å². The minimum atomic E-state index is -0.240.